The number of benzene rings is 2. The molecule has 4 amide bonds. The Morgan fingerprint density at radius 3 is 1.40 bits per heavy atom. The number of carbonyl (C=O) groups excluding carboxylic acids is 4. The van der Waals surface area contributed by atoms with Crippen LogP contribution in [-0.4, -0.2) is 84.9 Å². The fraction of sp³-hybridized carbons (Fsp3) is 0.250. The largest absolute Gasteiger partial charge is 0.366 e. The lowest BCUT2D eigenvalue weighted by Crippen LogP contribution is -2.39. The number of nitrogens with two attached hydrogens (primary N) is 2. The van der Waals surface area contributed by atoms with Gasteiger partial charge in [-0.2, -0.15) is 0 Å². The van der Waals surface area contributed by atoms with Crippen LogP contribution in [0.4, 0.5) is 4.39 Å². The number of carbonyl (C=O) groups is 4. The number of fused-ring (bicyclic) bond motifs is 2. The highest BCUT2D eigenvalue weighted by Crippen LogP contribution is 2.30. The number of primary amides is 2. The molecule has 0 unspecified atom stereocenters. The molecule has 2 aliphatic rings. The minimum absolute atomic E-state index is 0.00118. The van der Waals surface area contributed by atoms with Gasteiger partial charge in [0.15, 0.2) is 0 Å². The summed E-state index contributed by atoms with van der Waals surface area (Å²) in [7, 11) is 0. The van der Waals surface area contributed by atoms with Crippen molar-refractivity contribution in [2.24, 2.45) is 11.5 Å². The Labute approximate surface area is 325 Å². The van der Waals surface area contributed by atoms with Crippen LogP contribution in [0.2, 0.25) is 10.0 Å². The number of amides is 4. The zero-order valence-corrected chi connectivity index (χ0v) is 31.1. The maximum Gasteiger partial charge on any atom is 0.255 e. The zero-order valence-electron chi connectivity index (χ0n) is 29.6. The molecular formula is C40H37Cl2FN8O4. The van der Waals surface area contributed by atoms with Gasteiger partial charge in [0.1, 0.15) is 17.5 Å². The van der Waals surface area contributed by atoms with Gasteiger partial charge in [0.25, 0.3) is 11.8 Å². The third-order valence-electron chi connectivity index (χ3n) is 9.90. The van der Waals surface area contributed by atoms with Gasteiger partial charge in [0.05, 0.1) is 21.2 Å². The van der Waals surface area contributed by atoms with E-state index in [0.717, 1.165) is 42.7 Å². The summed E-state index contributed by atoms with van der Waals surface area (Å²) < 4.78 is 16.9. The normalized spacial score (nSPS) is 14.8. The summed E-state index contributed by atoms with van der Waals surface area (Å²) in [5, 5.41) is 2.34. The van der Waals surface area contributed by atoms with Gasteiger partial charge in [-0.05, 0) is 92.8 Å². The minimum Gasteiger partial charge on any atom is -0.366 e. The van der Waals surface area contributed by atoms with E-state index in [-0.39, 0.29) is 11.8 Å². The Balaban J connectivity index is 0.000000169. The Morgan fingerprint density at radius 1 is 0.600 bits per heavy atom. The van der Waals surface area contributed by atoms with Gasteiger partial charge in [-0.3, -0.25) is 28.3 Å². The van der Waals surface area contributed by atoms with Crippen molar-refractivity contribution in [1.29, 1.82) is 0 Å². The van der Waals surface area contributed by atoms with Crippen LogP contribution < -0.4 is 11.5 Å². The van der Waals surface area contributed by atoms with Gasteiger partial charge in [0, 0.05) is 84.2 Å². The van der Waals surface area contributed by atoms with Gasteiger partial charge < -0.3 is 21.3 Å². The molecule has 282 valence electrons. The van der Waals surface area contributed by atoms with E-state index in [2.05, 4.69) is 9.97 Å². The number of nitrogens with zero attached hydrogens (tertiary/aromatic N) is 6. The topological polar surface area (TPSA) is 162 Å². The number of halogens is 3. The fourth-order valence-electron chi connectivity index (χ4n) is 6.85. The Morgan fingerprint density at radius 2 is 1.00 bits per heavy atom. The monoisotopic (exact) mass is 782 g/mol. The summed E-state index contributed by atoms with van der Waals surface area (Å²) in [5.74, 6) is -1.15. The first-order valence-corrected chi connectivity index (χ1v) is 18.6. The number of aromatic nitrogens is 4. The fourth-order valence-corrected chi connectivity index (χ4v) is 7.33. The molecule has 12 nitrogen and oxygen atoms in total. The SMILES string of the molecule is NC(=O)c1ccc(-n2cc(Cl)c3cc(C(=O)N4CCC(F)CC4)cnc32)cc1.NC(=O)c1ccc(-n2cc(Cl)c3cc(C(=O)N4CCCCC4)cnc32)cc1. The second-order valence-electron chi connectivity index (χ2n) is 13.5. The van der Waals surface area contributed by atoms with Crippen molar-refractivity contribution in [3.63, 3.8) is 0 Å². The number of hydrogen-bond acceptors (Lipinski definition) is 6. The van der Waals surface area contributed by atoms with Crippen LogP contribution in [0.5, 0.6) is 0 Å². The van der Waals surface area contributed by atoms with Crippen LogP contribution in [0, 0.1) is 0 Å². The van der Waals surface area contributed by atoms with Crippen molar-refractivity contribution in [1.82, 2.24) is 28.9 Å². The molecule has 4 N–H and O–H groups in total. The quantitative estimate of drug-likeness (QED) is 0.190. The first-order chi connectivity index (χ1) is 26.5. The standard InChI is InChI=1S/C20H18ClFN4O2.C20H19ClN4O2/c21-17-11-26(15-3-1-12(2-4-15)18(23)27)19-16(17)9-13(10-24-19)20(28)25-7-5-14(22)6-8-25;21-17-12-25(15-6-4-13(5-7-15)18(22)26)19-16(17)10-14(11-23-19)20(27)24-8-2-1-3-9-24/h1-4,9-11,14H,5-8H2,(H2,23,27);4-7,10-12H,1-3,8-9H2,(H2,22,26). The molecule has 0 spiro atoms. The predicted octanol–water partition coefficient (Wildman–Crippen LogP) is 6.76. The van der Waals surface area contributed by atoms with E-state index >= 15 is 0 Å². The van der Waals surface area contributed by atoms with Crippen molar-refractivity contribution in [3.05, 3.63) is 118 Å². The maximum absolute atomic E-state index is 13.3. The van der Waals surface area contributed by atoms with E-state index in [1.165, 1.54) is 12.6 Å². The molecule has 0 radical (unpaired) electrons. The van der Waals surface area contributed by atoms with E-state index < -0.39 is 18.0 Å². The molecule has 0 atom stereocenters. The van der Waals surface area contributed by atoms with Gasteiger partial charge in [-0.25, -0.2) is 14.4 Å². The smallest absolute Gasteiger partial charge is 0.255 e. The average Bonchev–Trinajstić information content (AvgIpc) is 3.73. The lowest BCUT2D eigenvalue weighted by atomic mass is 10.1. The average molecular weight is 784 g/mol. The summed E-state index contributed by atoms with van der Waals surface area (Å²) in [6.45, 7) is 2.38. The van der Waals surface area contributed by atoms with Crippen molar-refractivity contribution >= 4 is 68.9 Å². The molecule has 6 aromatic rings. The summed E-state index contributed by atoms with van der Waals surface area (Å²) in [6, 6.07) is 17.1. The van der Waals surface area contributed by atoms with Gasteiger partial charge >= 0.3 is 0 Å². The van der Waals surface area contributed by atoms with Crippen molar-refractivity contribution in [3.8, 4) is 11.4 Å². The highest BCUT2D eigenvalue weighted by molar-refractivity contribution is 6.36. The highest BCUT2D eigenvalue weighted by Gasteiger charge is 2.25. The summed E-state index contributed by atoms with van der Waals surface area (Å²) in [4.78, 5) is 60.4. The third kappa shape index (κ3) is 7.89. The first-order valence-electron chi connectivity index (χ1n) is 17.8. The van der Waals surface area contributed by atoms with E-state index in [9.17, 15) is 23.6 Å². The van der Waals surface area contributed by atoms with Crippen LogP contribution in [0.25, 0.3) is 33.4 Å². The van der Waals surface area contributed by atoms with Crippen molar-refractivity contribution in [2.75, 3.05) is 26.2 Å². The number of piperidine rings is 2. The lowest BCUT2D eigenvalue weighted by molar-refractivity contribution is 0.0665. The van der Waals surface area contributed by atoms with E-state index in [1.54, 1.807) is 88.7 Å². The Bertz CT molecular complexity index is 2420. The Hall–Kier alpha value is -5.79. The van der Waals surface area contributed by atoms with Gasteiger partial charge in [0.2, 0.25) is 11.8 Å². The summed E-state index contributed by atoms with van der Waals surface area (Å²) in [6.07, 6.45) is 9.72. The highest BCUT2D eigenvalue weighted by atomic mass is 35.5. The second kappa shape index (κ2) is 15.9. The van der Waals surface area contributed by atoms with Crippen LogP contribution >= 0.6 is 23.2 Å². The molecule has 2 saturated heterocycles. The maximum atomic E-state index is 13.3. The van der Waals surface area contributed by atoms with Crippen LogP contribution in [0.1, 0.15) is 73.5 Å². The van der Waals surface area contributed by atoms with Crippen LogP contribution in [-0.2, 0) is 0 Å². The molecule has 2 aliphatic heterocycles. The predicted molar refractivity (Wildman–Crippen MR) is 209 cm³/mol. The zero-order chi connectivity index (χ0) is 38.8. The first kappa shape index (κ1) is 37.5. The van der Waals surface area contributed by atoms with E-state index in [1.807, 2.05) is 9.47 Å². The molecule has 0 saturated carbocycles. The Kier molecular flexibility index (Phi) is 10.8. The molecule has 2 aromatic carbocycles. The third-order valence-corrected chi connectivity index (χ3v) is 10.5. The van der Waals surface area contributed by atoms with Gasteiger partial charge in [-0.15, -0.1) is 0 Å². The molecule has 8 rings (SSSR count). The molecule has 55 heavy (non-hydrogen) atoms. The minimum atomic E-state index is -0.839. The van der Waals surface area contributed by atoms with Crippen LogP contribution in [0.3, 0.4) is 0 Å². The molecule has 6 heterocycles. The number of rotatable bonds is 6. The number of likely N-dealkylation sites (tertiary alicyclic amines) is 2. The van der Waals surface area contributed by atoms with Crippen molar-refractivity contribution in [2.45, 2.75) is 38.3 Å². The molecule has 4 aromatic heterocycles. The van der Waals surface area contributed by atoms with Gasteiger partial charge in [-0.1, -0.05) is 23.2 Å². The number of pyridine rings is 2. The van der Waals surface area contributed by atoms with E-state index in [4.69, 9.17) is 34.7 Å². The lowest BCUT2D eigenvalue weighted by Gasteiger charge is -2.28. The summed E-state index contributed by atoms with van der Waals surface area (Å²) in [5.41, 5.74) is 15.2. The number of alkyl halides is 1. The van der Waals surface area contributed by atoms with Crippen LogP contribution in [0.15, 0.2) is 85.5 Å². The van der Waals surface area contributed by atoms with E-state index in [0.29, 0.717) is 74.9 Å². The number of hydrogen-bond donors (Lipinski definition) is 2. The molecule has 0 aliphatic carbocycles. The molecule has 2 fully saturated rings. The molecular weight excluding hydrogens is 746 g/mol. The second-order valence-corrected chi connectivity index (χ2v) is 14.3. The van der Waals surface area contributed by atoms with Crippen molar-refractivity contribution < 1.29 is 23.6 Å². The molecule has 0 bridgehead atoms. The molecule has 15 heteroatoms. The summed E-state index contributed by atoms with van der Waals surface area (Å²) >= 11 is 12.8.